The van der Waals surface area contributed by atoms with E-state index in [4.69, 9.17) is 14.2 Å². The van der Waals surface area contributed by atoms with E-state index in [1.807, 2.05) is 25.1 Å². The van der Waals surface area contributed by atoms with Crippen molar-refractivity contribution in [3.63, 3.8) is 0 Å². The van der Waals surface area contributed by atoms with E-state index < -0.39 is 5.41 Å². The molecule has 0 aliphatic rings. The molecule has 0 spiro atoms. The van der Waals surface area contributed by atoms with Crippen LogP contribution in [0.15, 0.2) is 18.2 Å². The summed E-state index contributed by atoms with van der Waals surface area (Å²) in [7, 11) is 2.98. The Morgan fingerprint density at radius 3 is 2.57 bits per heavy atom. The molecule has 5 heteroatoms. The summed E-state index contributed by atoms with van der Waals surface area (Å²) in [5, 5.41) is 3.26. The number of ether oxygens (including phenoxy) is 3. The van der Waals surface area contributed by atoms with Gasteiger partial charge in [0.1, 0.15) is 6.61 Å². The monoisotopic (exact) mass is 295 g/mol. The number of benzene rings is 1. The van der Waals surface area contributed by atoms with Gasteiger partial charge in [0.05, 0.1) is 19.6 Å². The highest BCUT2D eigenvalue weighted by molar-refractivity contribution is 5.75. The SMILES string of the molecule is CCNCc1cccc(OC)c1OCC(C)(C)C(=O)OC. The van der Waals surface area contributed by atoms with Gasteiger partial charge in [-0.15, -0.1) is 0 Å². The summed E-state index contributed by atoms with van der Waals surface area (Å²) >= 11 is 0. The molecule has 1 aromatic rings. The molecule has 0 aromatic heterocycles. The molecule has 21 heavy (non-hydrogen) atoms. The number of carbonyl (C=O) groups is 1. The van der Waals surface area contributed by atoms with Gasteiger partial charge in [-0.05, 0) is 26.5 Å². The maximum Gasteiger partial charge on any atom is 0.314 e. The quantitative estimate of drug-likeness (QED) is 0.746. The van der Waals surface area contributed by atoms with Gasteiger partial charge in [-0.3, -0.25) is 4.79 Å². The minimum Gasteiger partial charge on any atom is -0.493 e. The molecule has 0 unspecified atom stereocenters. The second-order valence-electron chi connectivity index (χ2n) is 5.39. The van der Waals surface area contributed by atoms with Gasteiger partial charge in [0.25, 0.3) is 0 Å². The molecule has 0 saturated heterocycles. The van der Waals surface area contributed by atoms with Crippen LogP contribution >= 0.6 is 0 Å². The number of rotatable bonds is 8. The standard InChI is InChI=1S/C16H25NO4/c1-6-17-10-12-8-7-9-13(19-4)14(12)21-11-16(2,3)15(18)20-5/h7-9,17H,6,10-11H2,1-5H3. The van der Waals surface area contributed by atoms with Crippen LogP contribution in [-0.4, -0.2) is 33.3 Å². The van der Waals surface area contributed by atoms with Gasteiger partial charge in [-0.25, -0.2) is 0 Å². The third-order valence-electron chi connectivity index (χ3n) is 3.16. The van der Waals surface area contributed by atoms with Crippen LogP contribution in [0.1, 0.15) is 26.3 Å². The molecule has 0 amide bonds. The highest BCUT2D eigenvalue weighted by atomic mass is 16.5. The first kappa shape index (κ1) is 17.3. The summed E-state index contributed by atoms with van der Waals surface area (Å²) in [5.41, 5.74) is 0.280. The zero-order valence-electron chi connectivity index (χ0n) is 13.5. The van der Waals surface area contributed by atoms with E-state index in [1.165, 1.54) is 7.11 Å². The van der Waals surface area contributed by atoms with Crippen molar-refractivity contribution in [3.8, 4) is 11.5 Å². The summed E-state index contributed by atoms with van der Waals surface area (Å²) in [6.07, 6.45) is 0. The normalized spacial score (nSPS) is 11.1. The van der Waals surface area contributed by atoms with E-state index >= 15 is 0 Å². The van der Waals surface area contributed by atoms with Crippen LogP contribution in [0.2, 0.25) is 0 Å². The molecule has 0 fully saturated rings. The fourth-order valence-electron chi connectivity index (χ4n) is 1.87. The lowest BCUT2D eigenvalue weighted by Gasteiger charge is -2.23. The van der Waals surface area contributed by atoms with Gasteiger partial charge in [-0.1, -0.05) is 19.1 Å². The smallest absolute Gasteiger partial charge is 0.314 e. The average Bonchev–Trinajstić information content (AvgIpc) is 2.49. The Hall–Kier alpha value is -1.75. The lowest BCUT2D eigenvalue weighted by Crippen LogP contribution is -2.32. The van der Waals surface area contributed by atoms with Crippen molar-refractivity contribution in [1.82, 2.24) is 5.32 Å². The van der Waals surface area contributed by atoms with Crippen molar-refractivity contribution in [3.05, 3.63) is 23.8 Å². The van der Waals surface area contributed by atoms with Crippen LogP contribution < -0.4 is 14.8 Å². The molecule has 0 heterocycles. The van der Waals surface area contributed by atoms with Gasteiger partial charge in [0.2, 0.25) is 0 Å². The molecule has 1 aromatic carbocycles. The third kappa shape index (κ3) is 4.63. The number of methoxy groups -OCH3 is 2. The molecule has 118 valence electrons. The molecule has 0 atom stereocenters. The van der Waals surface area contributed by atoms with E-state index in [9.17, 15) is 4.79 Å². The summed E-state index contributed by atoms with van der Waals surface area (Å²) in [4.78, 5) is 11.7. The maximum absolute atomic E-state index is 11.7. The number of hydrogen-bond donors (Lipinski definition) is 1. The predicted octanol–water partition coefficient (Wildman–Crippen LogP) is 2.38. The molecule has 1 rings (SSSR count). The average molecular weight is 295 g/mol. The molecule has 5 nitrogen and oxygen atoms in total. The third-order valence-corrected chi connectivity index (χ3v) is 3.16. The summed E-state index contributed by atoms with van der Waals surface area (Å²) in [6.45, 7) is 7.39. The minimum absolute atomic E-state index is 0.221. The summed E-state index contributed by atoms with van der Waals surface area (Å²) in [5.74, 6) is 1.02. The summed E-state index contributed by atoms with van der Waals surface area (Å²) in [6, 6.07) is 5.74. The Bertz CT molecular complexity index is 471. The molecule has 0 bridgehead atoms. The Morgan fingerprint density at radius 1 is 1.29 bits per heavy atom. The van der Waals surface area contributed by atoms with Crippen molar-refractivity contribution >= 4 is 5.97 Å². The van der Waals surface area contributed by atoms with E-state index in [2.05, 4.69) is 5.32 Å². The fraction of sp³-hybridized carbons (Fsp3) is 0.562. The van der Waals surface area contributed by atoms with Gasteiger partial charge in [0, 0.05) is 12.1 Å². The van der Waals surface area contributed by atoms with Crippen molar-refractivity contribution in [2.75, 3.05) is 27.4 Å². The first-order valence-corrected chi connectivity index (χ1v) is 7.04. The summed E-state index contributed by atoms with van der Waals surface area (Å²) < 4.78 is 16.0. The Balaban J connectivity index is 2.92. The number of para-hydroxylation sites is 1. The lowest BCUT2D eigenvalue weighted by atomic mass is 9.95. The van der Waals surface area contributed by atoms with E-state index in [-0.39, 0.29) is 12.6 Å². The van der Waals surface area contributed by atoms with Crippen molar-refractivity contribution in [2.45, 2.75) is 27.3 Å². The van der Waals surface area contributed by atoms with Crippen LogP contribution in [0.3, 0.4) is 0 Å². The Labute approximate surface area is 126 Å². The number of nitrogens with one attached hydrogen (secondary N) is 1. The van der Waals surface area contributed by atoms with Crippen LogP contribution in [0.25, 0.3) is 0 Å². The topological polar surface area (TPSA) is 56.8 Å². The zero-order valence-corrected chi connectivity index (χ0v) is 13.5. The van der Waals surface area contributed by atoms with Crippen LogP contribution in [0, 0.1) is 5.41 Å². The zero-order chi connectivity index (χ0) is 15.9. The van der Waals surface area contributed by atoms with Gasteiger partial charge >= 0.3 is 5.97 Å². The predicted molar refractivity (Wildman–Crippen MR) is 81.7 cm³/mol. The van der Waals surface area contributed by atoms with Crippen LogP contribution in [0.4, 0.5) is 0 Å². The van der Waals surface area contributed by atoms with E-state index in [0.29, 0.717) is 18.0 Å². The number of hydrogen-bond acceptors (Lipinski definition) is 5. The highest BCUT2D eigenvalue weighted by Gasteiger charge is 2.30. The first-order valence-electron chi connectivity index (χ1n) is 7.04. The molecule has 0 aliphatic carbocycles. The highest BCUT2D eigenvalue weighted by Crippen LogP contribution is 2.32. The van der Waals surface area contributed by atoms with Gasteiger partial charge in [-0.2, -0.15) is 0 Å². The molecule has 0 radical (unpaired) electrons. The van der Waals surface area contributed by atoms with E-state index in [0.717, 1.165) is 12.1 Å². The molecular weight excluding hydrogens is 270 g/mol. The second-order valence-corrected chi connectivity index (χ2v) is 5.39. The molecule has 1 N–H and O–H groups in total. The van der Waals surface area contributed by atoms with Gasteiger partial charge < -0.3 is 19.5 Å². The minimum atomic E-state index is -0.717. The Kier molecular flexibility index (Phi) is 6.49. The molecule has 0 saturated carbocycles. The fourth-order valence-corrected chi connectivity index (χ4v) is 1.87. The van der Waals surface area contributed by atoms with Crippen LogP contribution in [0.5, 0.6) is 11.5 Å². The van der Waals surface area contributed by atoms with Gasteiger partial charge in [0.15, 0.2) is 11.5 Å². The Morgan fingerprint density at radius 2 is 2.00 bits per heavy atom. The van der Waals surface area contributed by atoms with Crippen molar-refractivity contribution < 1.29 is 19.0 Å². The lowest BCUT2D eigenvalue weighted by molar-refractivity contribution is -0.152. The van der Waals surface area contributed by atoms with Crippen molar-refractivity contribution in [1.29, 1.82) is 0 Å². The number of esters is 1. The molecular formula is C16H25NO4. The van der Waals surface area contributed by atoms with Crippen LogP contribution in [-0.2, 0) is 16.1 Å². The number of carbonyl (C=O) groups excluding carboxylic acids is 1. The largest absolute Gasteiger partial charge is 0.493 e. The second kappa shape index (κ2) is 7.88. The first-order chi connectivity index (χ1) is 9.96. The molecule has 0 aliphatic heterocycles. The van der Waals surface area contributed by atoms with E-state index in [1.54, 1.807) is 21.0 Å². The van der Waals surface area contributed by atoms with Crippen molar-refractivity contribution in [2.24, 2.45) is 5.41 Å². The maximum atomic E-state index is 11.7.